The molecule has 5 heteroatoms. The van der Waals surface area contributed by atoms with Gasteiger partial charge in [-0.1, -0.05) is 22.9 Å². The van der Waals surface area contributed by atoms with Crippen molar-refractivity contribution < 1.29 is 18.7 Å². The van der Waals surface area contributed by atoms with E-state index in [0.717, 1.165) is 27.6 Å². The minimum absolute atomic E-state index is 0.0413. The molecular formula is C17H19BrO4. The largest absolute Gasteiger partial charge is 0.465 e. The maximum atomic E-state index is 12.1. The van der Waals surface area contributed by atoms with Gasteiger partial charge in [-0.3, -0.25) is 4.79 Å². The second-order valence-corrected chi connectivity index (χ2v) is 6.68. The summed E-state index contributed by atoms with van der Waals surface area (Å²) < 4.78 is 17.5. The quantitative estimate of drug-likeness (QED) is 0.768. The van der Waals surface area contributed by atoms with E-state index in [2.05, 4.69) is 15.9 Å². The van der Waals surface area contributed by atoms with Crippen LogP contribution in [-0.2, 0) is 20.7 Å². The van der Waals surface area contributed by atoms with Crippen molar-refractivity contribution in [3.63, 3.8) is 0 Å². The third kappa shape index (κ3) is 3.52. The number of halogens is 1. The number of benzene rings is 1. The van der Waals surface area contributed by atoms with Crippen LogP contribution in [0.2, 0.25) is 0 Å². The predicted octanol–water partition coefficient (Wildman–Crippen LogP) is 3.95. The number of fused-ring (bicyclic) bond motifs is 1. The lowest BCUT2D eigenvalue weighted by molar-refractivity contribution is -0.154. The third-order valence-corrected chi connectivity index (χ3v) is 4.56. The Labute approximate surface area is 137 Å². The molecule has 0 amide bonds. The van der Waals surface area contributed by atoms with Gasteiger partial charge in [-0.25, -0.2) is 0 Å². The van der Waals surface area contributed by atoms with Gasteiger partial charge in [-0.2, -0.15) is 0 Å². The van der Waals surface area contributed by atoms with E-state index >= 15 is 0 Å². The first-order chi connectivity index (χ1) is 10.6. The Morgan fingerprint density at radius 1 is 1.41 bits per heavy atom. The van der Waals surface area contributed by atoms with E-state index in [1.165, 1.54) is 0 Å². The standard InChI is InChI=1S/C17H19BrO4/c1-11-10-20-6-5-15(11)17(19)21-7-4-14-9-12-8-13(18)2-3-16(12)22-14/h2-3,8-9,11,15H,4-7,10H2,1H3. The van der Waals surface area contributed by atoms with Crippen LogP contribution in [0.4, 0.5) is 0 Å². The van der Waals surface area contributed by atoms with Crippen LogP contribution in [0.25, 0.3) is 11.0 Å². The Kier molecular flexibility index (Phi) is 4.84. The van der Waals surface area contributed by atoms with Crippen LogP contribution in [0.1, 0.15) is 19.1 Å². The number of rotatable bonds is 4. The lowest BCUT2D eigenvalue weighted by atomic mass is 9.90. The zero-order valence-electron chi connectivity index (χ0n) is 12.5. The molecule has 2 aromatic rings. The van der Waals surface area contributed by atoms with Gasteiger partial charge < -0.3 is 13.9 Å². The van der Waals surface area contributed by atoms with Crippen molar-refractivity contribution in [2.45, 2.75) is 19.8 Å². The molecule has 1 saturated heterocycles. The normalized spacial score (nSPS) is 21.9. The molecule has 1 aromatic carbocycles. The predicted molar refractivity (Wildman–Crippen MR) is 86.7 cm³/mol. The Balaban J connectivity index is 1.54. The Hall–Kier alpha value is -1.33. The summed E-state index contributed by atoms with van der Waals surface area (Å²) in [6.45, 7) is 3.66. The van der Waals surface area contributed by atoms with Crippen molar-refractivity contribution in [3.8, 4) is 0 Å². The second-order valence-electron chi connectivity index (χ2n) is 5.76. The van der Waals surface area contributed by atoms with Crippen molar-refractivity contribution in [1.82, 2.24) is 0 Å². The highest BCUT2D eigenvalue weighted by Gasteiger charge is 2.29. The molecule has 0 radical (unpaired) electrons. The minimum Gasteiger partial charge on any atom is -0.465 e. The van der Waals surface area contributed by atoms with Gasteiger partial charge in [0.1, 0.15) is 11.3 Å². The fourth-order valence-electron chi connectivity index (χ4n) is 2.78. The average Bonchev–Trinajstić information content (AvgIpc) is 2.89. The molecule has 1 fully saturated rings. The molecule has 0 aliphatic carbocycles. The Bertz CT molecular complexity index is 664. The maximum Gasteiger partial charge on any atom is 0.309 e. The summed E-state index contributed by atoms with van der Waals surface area (Å²) in [6, 6.07) is 7.88. The number of carbonyl (C=O) groups excluding carboxylic acids is 1. The molecule has 3 rings (SSSR count). The number of hydrogen-bond acceptors (Lipinski definition) is 4. The smallest absolute Gasteiger partial charge is 0.309 e. The zero-order chi connectivity index (χ0) is 15.5. The van der Waals surface area contributed by atoms with Crippen molar-refractivity contribution in [2.75, 3.05) is 19.8 Å². The third-order valence-electron chi connectivity index (χ3n) is 4.07. The van der Waals surface area contributed by atoms with Gasteiger partial charge in [-0.05, 0) is 36.6 Å². The highest BCUT2D eigenvalue weighted by atomic mass is 79.9. The average molecular weight is 367 g/mol. The number of furan rings is 1. The van der Waals surface area contributed by atoms with Crippen LogP contribution >= 0.6 is 15.9 Å². The summed E-state index contributed by atoms with van der Waals surface area (Å²) in [5.74, 6) is 0.903. The SMILES string of the molecule is CC1COCCC1C(=O)OCCc1cc2cc(Br)ccc2o1. The number of esters is 1. The molecule has 2 atom stereocenters. The highest BCUT2D eigenvalue weighted by molar-refractivity contribution is 9.10. The van der Waals surface area contributed by atoms with Gasteiger partial charge in [0.15, 0.2) is 0 Å². The maximum absolute atomic E-state index is 12.1. The van der Waals surface area contributed by atoms with E-state index in [1.807, 2.05) is 31.2 Å². The Morgan fingerprint density at radius 3 is 3.09 bits per heavy atom. The highest BCUT2D eigenvalue weighted by Crippen LogP contribution is 2.25. The monoisotopic (exact) mass is 366 g/mol. The number of hydrogen-bond donors (Lipinski definition) is 0. The molecule has 0 saturated carbocycles. The fraction of sp³-hybridized carbons (Fsp3) is 0.471. The molecule has 2 unspecified atom stereocenters. The molecule has 0 spiro atoms. The van der Waals surface area contributed by atoms with Gasteiger partial charge in [0.25, 0.3) is 0 Å². The van der Waals surface area contributed by atoms with E-state index in [9.17, 15) is 4.79 Å². The summed E-state index contributed by atoms with van der Waals surface area (Å²) in [5, 5.41) is 1.05. The lowest BCUT2D eigenvalue weighted by Gasteiger charge is -2.26. The topological polar surface area (TPSA) is 48.7 Å². The summed E-state index contributed by atoms with van der Waals surface area (Å²) in [6.07, 6.45) is 1.34. The van der Waals surface area contributed by atoms with E-state index in [4.69, 9.17) is 13.9 Å². The van der Waals surface area contributed by atoms with Gasteiger partial charge in [0.2, 0.25) is 0 Å². The van der Waals surface area contributed by atoms with Crippen molar-refractivity contribution in [1.29, 1.82) is 0 Å². The molecule has 118 valence electrons. The minimum atomic E-state index is -0.116. The van der Waals surface area contributed by atoms with Crippen LogP contribution in [0, 0.1) is 11.8 Å². The molecule has 1 aliphatic rings. The molecule has 22 heavy (non-hydrogen) atoms. The van der Waals surface area contributed by atoms with E-state index in [0.29, 0.717) is 26.2 Å². The molecule has 0 N–H and O–H groups in total. The van der Waals surface area contributed by atoms with E-state index in [-0.39, 0.29) is 17.8 Å². The number of ether oxygens (including phenoxy) is 2. The van der Waals surface area contributed by atoms with Crippen LogP contribution in [-0.4, -0.2) is 25.8 Å². The van der Waals surface area contributed by atoms with Crippen LogP contribution in [0.5, 0.6) is 0 Å². The first-order valence-corrected chi connectivity index (χ1v) is 8.35. The van der Waals surface area contributed by atoms with Crippen LogP contribution < -0.4 is 0 Å². The van der Waals surface area contributed by atoms with Crippen LogP contribution in [0.15, 0.2) is 33.2 Å². The van der Waals surface area contributed by atoms with Crippen molar-refractivity contribution in [2.24, 2.45) is 11.8 Å². The first kappa shape index (κ1) is 15.6. The summed E-state index contributed by atoms with van der Waals surface area (Å²) in [7, 11) is 0. The second kappa shape index (κ2) is 6.84. The van der Waals surface area contributed by atoms with Gasteiger partial charge in [-0.15, -0.1) is 0 Å². The summed E-state index contributed by atoms with van der Waals surface area (Å²) in [4.78, 5) is 12.1. The van der Waals surface area contributed by atoms with E-state index in [1.54, 1.807) is 0 Å². The molecule has 2 heterocycles. The lowest BCUT2D eigenvalue weighted by Crippen LogP contribution is -2.32. The van der Waals surface area contributed by atoms with Gasteiger partial charge in [0, 0.05) is 29.5 Å². The molecule has 1 aliphatic heterocycles. The molecular weight excluding hydrogens is 348 g/mol. The van der Waals surface area contributed by atoms with Crippen molar-refractivity contribution in [3.05, 3.63) is 34.5 Å². The van der Waals surface area contributed by atoms with Gasteiger partial charge in [0.05, 0.1) is 12.5 Å². The van der Waals surface area contributed by atoms with E-state index < -0.39 is 0 Å². The van der Waals surface area contributed by atoms with Gasteiger partial charge >= 0.3 is 5.97 Å². The zero-order valence-corrected chi connectivity index (χ0v) is 14.1. The summed E-state index contributed by atoms with van der Waals surface area (Å²) >= 11 is 3.44. The number of carbonyl (C=O) groups is 1. The first-order valence-electron chi connectivity index (χ1n) is 7.56. The Morgan fingerprint density at radius 2 is 2.27 bits per heavy atom. The van der Waals surface area contributed by atoms with Crippen LogP contribution in [0.3, 0.4) is 0 Å². The molecule has 0 bridgehead atoms. The summed E-state index contributed by atoms with van der Waals surface area (Å²) in [5.41, 5.74) is 0.850. The molecule has 4 nitrogen and oxygen atoms in total. The fourth-order valence-corrected chi connectivity index (χ4v) is 3.16. The van der Waals surface area contributed by atoms with Crippen molar-refractivity contribution >= 4 is 32.9 Å². The molecule has 1 aromatic heterocycles.